The summed E-state index contributed by atoms with van der Waals surface area (Å²) in [5.41, 5.74) is 3.50. The molecule has 0 saturated heterocycles. The van der Waals surface area contributed by atoms with Crippen molar-refractivity contribution in [3.63, 3.8) is 0 Å². The van der Waals surface area contributed by atoms with Crippen molar-refractivity contribution in [3.8, 4) is 10.6 Å². The van der Waals surface area contributed by atoms with Crippen LogP contribution in [-0.2, 0) is 0 Å². The van der Waals surface area contributed by atoms with Gasteiger partial charge in [-0.1, -0.05) is 24.3 Å². The topological polar surface area (TPSA) is 45.2 Å². The fraction of sp³-hybridized carbons (Fsp3) is 0.238. The van der Waals surface area contributed by atoms with Gasteiger partial charge in [-0.15, -0.1) is 11.3 Å². The predicted octanol–water partition coefficient (Wildman–Crippen LogP) is 4.37. The largest absolute Gasteiger partial charge is 0.375 e. The number of para-hydroxylation sites is 1. The van der Waals surface area contributed by atoms with Gasteiger partial charge in [0.2, 0.25) is 0 Å². The molecule has 3 rings (SSSR count). The van der Waals surface area contributed by atoms with Crippen LogP contribution in [0, 0.1) is 6.92 Å². The van der Waals surface area contributed by atoms with Crippen molar-refractivity contribution in [1.82, 2.24) is 10.3 Å². The van der Waals surface area contributed by atoms with Gasteiger partial charge >= 0.3 is 0 Å². The zero-order valence-electron chi connectivity index (χ0n) is 15.1. The van der Waals surface area contributed by atoms with E-state index in [1.807, 2.05) is 54.8 Å². The third-order valence-corrected chi connectivity index (χ3v) is 5.15. The Hall–Kier alpha value is -2.66. The standard InChI is InChI=1S/C21H23N3OS/c1-16-18(11-12-19(23-16)20-10-6-15-26-20)21(25)22-13-7-14-24(2)17-8-4-3-5-9-17/h3-6,8-12,15H,7,13-14H2,1-2H3,(H,22,25). The molecular weight excluding hydrogens is 342 g/mol. The van der Waals surface area contributed by atoms with Gasteiger partial charge in [-0.2, -0.15) is 0 Å². The highest BCUT2D eigenvalue weighted by molar-refractivity contribution is 7.13. The summed E-state index contributed by atoms with van der Waals surface area (Å²) < 4.78 is 0. The first-order valence-corrected chi connectivity index (χ1v) is 9.59. The van der Waals surface area contributed by atoms with Crippen molar-refractivity contribution < 1.29 is 4.79 Å². The summed E-state index contributed by atoms with van der Waals surface area (Å²) in [6.07, 6.45) is 0.886. The number of benzene rings is 1. The minimum Gasteiger partial charge on any atom is -0.375 e. The summed E-state index contributed by atoms with van der Waals surface area (Å²) in [6, 6.07) is 18.1. The normalized spacial score (nSPS) is 10.5. The van der Waals surface area contributed by atoms with Crippen LogP contribution in [0.5, 0.6) is 0 Å². The number of hydrogen-bond donors (Lipinski definition) is 1. The molecule has 0 aliphatic rings. The number of carbonyl (C=O) groups is 1. The third kappa shape index (κ3) is 4.49. The van der Waals surface area contributed by atoms with Gasteiger partial charge in [-0.25, -0.2) is 0 Å². The smallest absolute Gasteiger partial charge is 0.253 e. The minimum absolute atomic E-state index is 0.0601. The molecule has 0 unspecified atom stereocenters. The number of pyridine rings is 1. The summed E-state index contributed by atoms with van der Waals surface area (Å²) in [4.78, 5) is 20.3. The van der Waals surface area contributed by atoms with Crippen LogP contribution >= 0.6 is 11.3 Å². The van der Waals surface area contributed by atoms with E-state index < -0.39 is 0 Å². The average molecular weight is 366 g/mol. The van der Waals surface area contributed by atoms with E-state index in [1.165, 1.54) is 5.69 Å². The number of thiophene rings is 1. The fourth-order valence-corrected chi connectivity index (χ4v) is 3.48. The Bertz CT molecular complexity index is 847. The second kappa shape index (κ2) is 8.63. The molecule has 2 heterocycles. The van der Waals surface area contributed by atoms with Gasteiger partial charge in [0.05, 0.1) is 21.8 Å². The number of aromatic nitrogens is 1. The first-order chi connectivity index (χ1) is 12.6. The van der Waals surface area contributed by atoms with E-state index in [0.29, 0.717) is 12.1 Å². The van der Waals surface area contributed by atoms with Gasteiger partial charge in [-0.05, 0) is 49.1 Å². The van der Waals surface area contributed by atoms with Crippen LogP contribution in [0.25, 0.3) is 10.6 Å². The first-order valence-electron chi connectivity index (χ1n) is 8.71. The van der Waals surface area contributed by atoms with Crippen LogP contribution in [0.15, 0.2) is 60.0 Å². The van der Waals surface area contributed by atoms with Gasteiger partial charge in [0.1, 0.15) is 0 Å². The van der Waals surface area contributed by atoms with E-state index in [1.54, 1.807) is 11.3 Å². The molecule has 134 valence electrons. The van der Waals surface area contributed by atoms with E-state index in [-0.39, 0.29) is 5.91 Å². The lowest BCUT2D eigenvalue weighted by molar-refractivity contribution is 0.0952. The van der Waals surface area contributed by atoms with Crippen LogP contribution < -0.4 is 10.2 Å². The second-order valence-corrected chi connectivity index (χ2v) is 7.12. The number of hydrogen-bond acceptors (Lipinski definition) is 4. The van der Waals surface area contributed by atoms with E-state index in [2.05, 4.69) is 34.4 Å². The van der Waals surface area contributed by atoms with Crippen LogP contribution in [0.4, 0.5) is 5.69 Å². The van der Waals surface area contributed by atoms with E-state index in [4.69, 9.17) is 0 Å². The molecule has 0 aliphatic heterocycles. The third-order valence-electron chi connectivity index (χ3n) is 4.26. The SMILES string of the molecule is Cc1nc(-c2cccs2)ccc1C(=O)NCCCN(C)c1ccccc1. The van der Waals surface area contributed by atoms with Crippen LogP contribution in [0.1, 0.15) is 22.5 Å². The number of rotatable bonds is 7. The molecule has 26 heavy (non-hydrogen) atoms. The maximum Gasteiger partial charge on any atom is 0.253 e. The number of carbonyl (C=O) groups excluding carboxylic acids is 1. The molecule has 4 nitrogen and oxygen atoms in total. The molecule has 0 spiro atoms. The molecule has 0 fully saturated rings. The summed E-state index contributed by atoms with van der Waals surface area (Å²) in [6.45, 7) is 3.41. The molecule has 0 radical (unpaired) electrons. The Morgan fingerprint density at radius 1 is 1.12 bits per heavy atom. The summed E-state index contributed by atoms with van der Waals surface area (Å²) in [5, 5.41) is 5.03. The Kier molecular flexibility index (Phi) is 6.02. The molecule has 0 atom stereocenters. The van der Waals surface area contributed by atoms with Crippen LogP contribution in [0.2, 0.25) is 0 Å². The van der Waals surface area contributed by atoms with Gasteiger partial charge < -0.3 is 10.2 Å². The number of nitrogens with one attached hydrogen (secondary N) is 1. The van der Waals surface area contributed by atoms with E-state index in [9.17, 15) is 4.79 Å². The number of nitrogens with zero attached hydrogens (tertiary/aromatic N) is 2. The second-order valence-electron chi connectivity index (χ2n) is 6.17. The molecule has 0 saturated carbocycles. The lowest BCUT2D eigenvalue weighted by Crippen LogP contribution is -2.28. The summed E-state index contributed by atoms with van der Waals surface area (Å²) in [7, 11) is 2.06. The van der Waals surface area contributed by atoms with Crippen molar-refractivity contribution in [1.29, 1.82) is 0 Å². The predicted molar refractivity (Wildman–Crippen MR) is 109 cm³/mol. The lowest BCUT2D eigenvalue weighted by atomic mass is 10.1. The summed E-state index contributed by atoms with van der Waals surface area (Å²) >= 11 is 1.65. The highest BCUT2D eigenvalue weighted by Gasteiger charge is 2.11. The van der Waals surface area contributed by atoms with Crippen molar-refractivity contribution in [2.24, 2.45) is 0 Å². The monoisotopic (exact) mass is 365 g/mol. The number of anilines is 1. The van der Waals surface area contributed by atoms with Crippen LogP contribution in [0.3, 0.4) is 0 Å². The Morgan fingerprint density at radius 3 is 2.62 bits per heavy atom. The Balaban J connectivity index is 1.51. The highest BCUT2D eigenvalue weighted by Crippen LogP contribution is 2.23. The maximum atomic E-state index is 12.4. The lowest BCUT2D eigenvalue weighted by Gasteiger charge is -2.19. The first kappa shape index (κ1) is 18.1. The van der Waals surface area contributed by atoms with Crippen molar-refractivity contribution >= 4 is 22.9 Å². The molecule has 0 aliphatic carbocycles. The molecule has 5 heteroatoms. The zero-order valence-corrected chi connectivity index (χ0v) is 15.9. The molecule has 1 amide bonds. The molecule has 0 bridgehead atoms. The average Bonchev–Trinajstić information content (AvgIpc) is 3.20. The van der Waals surface area contributed by atoms with E-state index >= 15 is 0 Å². The van der Waals surface area contributed by atoms with E-state index in [0.717, 1.165) is 29.2 Å². The zero-order chi connectivity index (χ0) is 18.4. The van der Waals surface area contributed by atoms with Gasteiger partial charge in [0.25, 0.3) is 5.91 Å². The fourth-order valence-electron chi connectivity index (χ4n) is 2.79. The molecular formula is C21H23N3OS. The Labute approximate surface area is 158 Å². The molecule has 1 aromatic carbocycles. The maximum absolute atomic E-state index is 12.4. The van der Waals surface area contributed by atoms with Gasteiger partial charge in [0, 0.05) is 25.8 Å². The van der Waals surface area contributed by atoms with Crippen LogP contribution in [-0.4, -0.2) is 31.0 Å². The van der Waals surface area contributed by atoms with Crippen molar-refractivity contribution in [3.05, 3.63) is 71.2 Å². The highest BCUT2D eigenvalue weighted by atomic mass is 32.1. The molecule has 3 aromatic rings. The quantitative estimate of drug-likeness (QED) is 0.632. The Morgan fingerprint density at radius 2 is 1.92 bits per heavy atom. The number of amides is 1. The van der Waals surface area contributed by atoms with Crippen molar-refractivity contribution in [2.75, 3.05) is 25.0 Å². The van der Waals surface area contributed by atoms with Gasteiger partial charge in [0.15, 0.2) is 0 Å². The molecule has 1 N–H and O–H groups in total. The number of aryl methyl sites for hydroxylation is 1. The minimum atomic E-state index is -0.0601. The molecule has 2 aromatic heterocycles. The summed E-state index contributed by atoms with van der Waals surface area (Å²) in [5.74, 6) is -0.0601. The van der Waals surface area contributed by atoms with Gasteiger partial charge in [-0.3, -0.25) is 9.78 Å². The van der Waals surface area contributed by atoms with Crippen molar-refractivity contribution in [2.45, 2.75) is 13.3 Å².